The van der Waals surface area contributed by atoms with Gasteiger partial charge in [0.05, 0.1) is 26.1 Å². The number of amides is 2. The number of anilines is 1. The van der Waals surface area contributed by atoms with E-state index < -0.39 is 0 Å². The van der Waals surface area contributed by atoms with Crippen LogP contribution in [-0.2, 0) is 16.0 Å². The minimum absolute atomic E-state index is 0.0696. The predicted octanol–water partition coefficient (Wildman–Crippen LogP) is 2.64. The molecule has 0 saturated heterocycles. The van der Waals surface area contributed by atoms with Crippen molar-refractivity contribution in [1.82, 2.24) is 5.32 Å². The van der Waals surface area contributed by atoms with Crippen LogP contribution in [0.15, 0.2) is 48.5 Å². The van der Waals surface area contributed by atoms with Crippen LogP contribution in [0, 0.1) is 11.8 Å². The molecule has 2 aromatic carbocycles. The summed E-state index contributed by atoms with van der Waals surface area (Å²) in [6.45, 7) is 0.516. The van der Waals surface area contributed by atoms with Crippen LogP contribution < -0.4 is 20.1 Å². The van der Waals surface area contributed by atoms with Crippen molar-refractivity contribution in [2.45, 2.75) is 12.8 Å². The summed E-state index contributed by atoms with van der Waals surface area (Å²) in [5.74, 6) is 0.839. The highest BCUT2D eigenvalue weighted by Gasteiger charge is 2.47. The van der Waals surface area contributed by atoms with E-state index in [1.165, 1.54) is 0 Å². The van der Waals surface area contributed by atoms with Crippen molar-refractivity contribution in [1.29, 1.82) is 0 Å². The molecular formula is C21H24N2O4. The zero-order chi connectivity index (χ0) is 19.2. The van der Waals surface area contributed by atoms with Crippen molar-refractivity contribution in [2.24, 2.45) is 11.8 Å². The van der Waals surface area contributed by atoms with Gasteiger partial charge in [-0.15, -0.1) is 0 Å². The molecule has 142 valence electrons. The minimum Gasteiger partial charge on any atom is -0.497 e. The van der Waals surface area contributed by atoms with E-state index in [-0.39, 0.29) is 23.7 Å². The quantitative estimate of drug-likeness (QED) is 0.751. The van der Waals surface area contributed by atoms with Crippen molar-refractivity contribution in [2.75, 3.05) is 26.1 Å². The van der Waals surface area contributed by atoms with Gasteiger partial charge >= 0.3 is 0 Å². The van der Waals surface area contributed by atoms with Crippen LogP contribution >= 0.6 is 0 Å². The van der Waals surface area contributed by atoms with Crippen LogP contribution in [0.25, 0.3) is 0 Å². The normalized spacial score (nSPS) is 17.7. The lowest BCUT2D eigenvalue weighted by atomic mass is 10.1. The third-order valence-corrected chi connectivity index (χ3v) is 4.71. The second kappa shape index (κ2) is 8.58. The van der Waals surface area contributed by atoms with E-state index in [0.717, 1.165) is 17.1 Å². The number of ether oxygens (including phenoxy) is 2. The smallest absolute Gasteiger partial charge is 0.228 e. The van der Waals surface area contributed by atoms with Crippen LogP contribution in [0.3, 0.4) is 0 Å². The molecule has 3 rings (SSSR count). The first-order chi connectivity index (χ1) is 13.1. The highest BCUT2D eigenvalue weighted by Crippen LogP contribution is 2.39. The van der Waals surface area contributed by atoms with Gasteiger partial charge in [-0.2, -0.15) is 0 Å². The molecule has 6 heteroatoms. The van der Waals surface area contributed by atoms with Gasteiger partial charge in [-0.3, -0.25) is 9.59 Å². The molecule has 0 aliphatic heterocycles. The van der Waals surface area contributed by atoms with Crippen LogP contribution in [-0.4, -0.2) is 32.6 Å². The summed E-state index contributed by atoms with van der Waals surface area (Å²) in [4.78, 5) is 24.5. The molecule has 2 aromatic rings. The van der Waals surface area contributed by atoms with Crippen molar-refractivity contribution < 1.29 is 19.1 Å². The van der Waals surface area contributed by atoms with Crippen LogP contribution in [0.1, 0.15) is 12.0 Å². The van der Waals surface area contributed by atoms with E-state index in [1.54, 1.807) is 38.5 Å². The molecule has 6 nitrogen and oxygen atoms in total. The van der Waals surface area contributed by atoms with Gasteiger partial charge in [-0.1, -0.05) is 18.2 Å². The summed E-state index contributed by atoms with van der Waals surface area (Å²) in [7, 11) is 3.22. The first kappa shape index (κ1) is 18.8. The maximum atomic E-state index is 12.3. The van der Waals surface area contributed by atoms with Gasteiger partial charge in [0.1, 0.15) is 11.5 Å². The fourth-order valence-corrected chi connectivity index (χ4v) is 3.04. The third kappa shape index (κ3) is 4.78. The number of methoxy groups -OCH3 is 2. The molecule has 0 heterocycles. The number of para-hydroxylation sites is 1. The number of carbonyl (C=O) groups excluding carboxylic acids is 2. The molecule has 0 aromatic heterocycles. The van der Waals surface area contributed by atoms with E-state index in [9.17, 15) is 9.59 Å². The summed E-state index contributed by atoms with van der Waals surface area (Å²) in [6.07, 6.45) is 1.27. The highest BCUT2D eigenvalue weighted by atomic mass is 16.5. The maximum absolute atomic E-state index is 12.3. The topological polar surface area (TPSA) is 76.7 Å². The van der Waals surface area contributed by atoms with Gasteiger partial charge in [0.2, 0.25) is 11.8 Å². The van der Waals surface area contributed by atoms with Crippen LogP contribution in [0.2, 0.25) is 0 Å². The molecule has 2 unspecified atom stereocenters. The molecule has 1 aliphatic carbocycles. The molecular weight excluding hydrogens is 344 g/mol. The minimum atomic E-state index is -0.265. The lowest BCUT2D eigenvalue weighted by Gasteiger charge is -2.09. The van der Waals surface area contributed by atoms with Gasteiger partial charge in [0.15, 0.2) is 0 Å². The number of rotatable bonds is 8. The van der Waals surface area contributed by atoms with Gasteiger partial charge in [-0.25, -0.2) is 0 Å². The van der Waals surface area contributed by atoms with Crippen molar-refractivity contribution in [3.8, 4) is 11.5 Å². The predicted molar refractivity (Wildman–Crippen MR) is 103 cm³/mol. The molecule has 1 saturated carbocycles. The number of nitrogens with one attached hydrogen (secondary N) is 2. The Kier molecular flexibility index (Phi) is 5.96. The maximum Gasteiger partial charge on any atom is 0.228 e. The summed E-state index contributed by atoms with van der Waals surface area (Å²) in [5.41, 5.74) is 1.74. The lowest BCUT2D eigenvalue weighted by molar-refractivity contribution is -0.125. The van der Waals surface area contributed by atoms with Crippen molar-refractivity contribution >= 4 is 17.5 Å². The summed E-state index contributed by atoms with van der Waals surface area (Å²) in [6, 6.07) is 14.9. The standard InChI is InChI=1S/C21H24N2O4/c1-26-16-9-7-15(8-10-16)23-21(25)18-13-17(18)20(24)22-12-11-14-5-3-4-6-19(14)27-2/h3-10,17-18H,11-13H2,1-2H3,(H,22,24)(H,23,25). The zero-order valence-electron chi connectivity index (χ0n) is 15.5. The van der Waals surface area contributed by atoms with E-state index in [0.29, 0.717) is 25.1 Å². The average Bonchev–Trinajstić information content (AvgIpc) is 3.50. The Morgan fingerprint density at radius 3 is 2.37 bits per heavy atom. The summed E-state index contributed by atoms with van der Waals surface area (Å²) in [5, 5.41) is 5.76. The van der Waals surface area contributed by atoms with Crippen molar-refractivity contribution in [3.63, 3.8) is 0 Å². The number of hydrogen-bond acceptors (Lipinski definition) is 4. The average molecular weight is 368 g/mol. The van der Waals surface area contributed by atoms with Crippen molar-refractivity contribution in [3.05, 3.63) is 54.1 Å². The van der Waals surface area contributed by atoms with E-state index >= 15 is 0 Å². The first-order valence-electron chi connectivity index (χ1n) is 8.97. The fraction of sp³-hybridized carbons (Fsp3) is 0.333. The second-order valence-corrected chi connectivity index (χ2v) is 6.52. The lowest BCUT2D eigenvalue weighted by Crippen LogP contribution is -2.29. The van der Waals surface area contributed by atoms with E-state index in [4.69, 9.17) is 9.47 Å². The molecule has 27 heavy (non-hydrogen) atoms. The number of benzene rings is 2. The molecule has 2 N–H and O–H groups in total. The number of hydrogen-bond donors (Lipinski definition) is 2. The van der Waals surface area contributed by atoms with Gasteiger partial charge in [-0.05, 0) is 48.7 Å². The SMILES string of the molecule is COc1ccc(NC(=O)C2CC2C(=O)NCCc2ccccc2OC)cc1. The van der Waals surface area contributed by atoms with Crippen LogP contribution in [0.5, 0.6) is 11.5 Å². The fourth-order valence-electron chi connectivity index (χ4n) is 3.04. The Hall–Kier alpha value is -3.02. The Morgan fingerprint density at radius 2 is 1.67 bits per heavy atom. The largest absolute Gasteiger partial charge is 0.497 e. The molecule has 2 atom stereocenters. The van der Waals surface area contributed by atoms with Gasteiger partial charge in [0, 0.05) is 12.2 Å². The van der Waals surface area contributed by atoms with Gasteiger partial charge < -0.3 is 20.1 Å². The Balaban J connectivity index is 1.43. The summed E-state index contributed by atoms with van der Waals surface area (Å²) >= 11 is 0. The highest BCUT2D eigenvalue weighted by molar-refractivity contribution is 5.99. The molecule has 2 amide bonds. The molecule has 0 radical (unpaired) electrons. The Labute approximate surface area is 158 Å². The second-order valence-electron chi connectivity index (χ2n) is 6.52. The summed E-state index contributed by atoms with van der Waals surface area (Å²) < 4.78 is 10.4. The molecule has 0 bridgehead atoms. The number of carbonyl (C=O) groups is 2. The molecule has 1 fully saturated rings. The van der Waals surface area contributed by atoms with E-state index in [2.05, 4.69) is 10.6 Å². The monoisotopic (exact) mass is 368 g/mol. The molecule has 0 spiro atoms. The molecule has 1 aliphatic rings. The van der Waals surface area contributed by atoms with Crippen LogP contribution in [0.4, 0.5) is 5.69 Å². The first-order valence-corrected chi connectivity index (χ1v) is 8.97. The third-order valence-electron chi connectivity index (χ3n) is 4.71. The Bertz CT molecular complexity index is 804. The van der Waals surface area contributed by atoms with Gasteiger partial charge in [0.25, 0.3) is 0 Å². The Morgan fingerprint density at radius 1 is 0.963 bits per heavy atom. The zero-order valence-corrected chi connectivity index (χ0v) is 15.5. The van der Waals surface area contributed by atoms with E-state index in [1.807, 2.05) is 24.3 Å².